The summed E-state index contributed by atoms with van der Waals surface area (Å²) in [5.74, 6) is 2.70. The number of hydrogen-bond acceptors (Lipinski definition) is 6. The maximum atomic E-state index is 5.42. The molecule has 0 saturated carbocycles. The molecule has 27 heavy (non-hydrogen) atoms. The molecule has 0 unspecified atom stereocenters. The third kappa shape index (κ3) is 4.94. The van der Waals surface area contributed by atoms with Gasteiger partial charge in [-0.15, -0.1) is 0 Å². The van der Waals surface area contributed by atoms with Crippen LogP contribution in [-0.2, 0) is 0 Å². The Kier molecular flexibility index (Phi) is 7.11. The van der Waals surface area contributed by atoms with Gasteiger partial charge in [-0.1, -0.05) is 12.1 Å². The van der Waals surface area contributed by atoms with Gasteiger partial charge < -0.3 is 24.3 Å². The molecule has 0 aliphatic heterocycles. The van der Waals surface area contributed by atoms with Crippen LogP contribution in [0.25, 0.3) is 0 Å². The SMILES string of the molecule is COc1cccc(OC)c1N=C(C)/C=C(/C)Nc1c(OC)cccc1OC. The van der Waals surface area contributed by atoms with Gasteiger partial charge in [0.1, 0.15) is 34.4 Å². The number of hydrogen-bond donors (Lipinski definition) is 1. The minimum absolute atomic E-state index is 0.652. The number of nitrogens with zero attached hydrogens (tertiary/aromatic N) is 1. The van der Waals surface area contributed by atoms with E-state index in [0.717, 1.165) is 17.1 Å². The summed E-state index contributed by atoms with van der Waals surface area (Å²) in [6, 6.07) is 11.2. The van der Waals surface area contributed by atoms with Crippen LogP contribution in [0, 0.1) is 0 Å². The normalized spacial score (nSPS) is 11.8. The van der Waals surface area contributed by atoms with Crippen molar-refractivity contribution in [3.63, 3.8) is 0 Å². The lowest BCUT2D eigenvalue weighted by atomic mass is 10.2. The smallest absolute Gasteiger partial charge is 0.148 e. The van der Waals surface area contributed by atoms with Crippen molar-refractivity contribution < 1.29 is 18.9 Å². The van der Waals surface area contributed by atoms with Gasteiger partial charge in [-0.25, -0.2) is 4.99 Å². The van der Waals surface area contributed by atoms with Crippen LogP contribution < -0.4 is 24.3 Å². The molecule has 0 aliphatic carbocycles. The van der Waals surface area contributed by atoms with Gasteiger partial charge in [0.05, 0.1) is 28.4 Å². The highest BCUT2D eigenvalue weighted by Crippen LogP contribution is 2.37. The van der Waals surface area contributed by atoms with Crippen LogP contribution in [0.3, 0.4) is 0 Å². The third-order valence-electron chi connectivity index (χ3n) is 3.87. The first-order valence-corrected chi connectivity index (χ1v) is 8.46. The lowest BCUT2D eigenvalue weighted by Crippen LogP contribution is -2.03. The lowest BCUT2D eigenvalue weighted by molar-refractivity contribution is 0.397. The maximum absolute atomic E-state index is 5.42. The Balaban J connectivity index is 2.33. The van der Waals surface area contributed by atoms with Crippen molar-refractivity contribution in [2.75, 3.05) is 33.8 Å². The molecule has 2 aromatic carbocycles. The largest absolute Gasteiger partial charge is 0.494 e. The number of nitrogens with one attached hydrogen (secondary N) is 1. The van der Waals surface area contributed by atoms with Crippen LogP contribution in [0.5, 0.6) is 23.0 Å². The molecule has 0 spiro atoms. The Bertz CT molecular complexity index is 800. The fourth-order valence-electron chi connectivity index (χ4n) is 2.67. The van der Waals surface area contributed by atoms with Gasteiger partial charge in [-0.3, -0.25) is 0 Å². The molecule has 0 radical (unpaired) electrons. The van der Waals surface area contributed by atoms with Gasteiger partial charge in [0.25, 0.3) is 0 Å². The molecule has 0 amide bonds. The van der Waals surface area contributed by atoms with Crippen molar-refractivity contribution >= 4 is 17.1 Å². The summed E-state index contributed by atoms with van der Waals surface area (Å²) in [6.45, 7) is 3.86. The highest BCUT2D eigenvalue weighted by atomic mass is 16.5. The molecule has 6 nitrogen and oxygen atoms in total. The number of methoxy groups -OCH3 is 4. The molecular formula is C21H26N2O4. The van der Waals surface area contributed by atoms with Crippen LogP contribution in [0.4, 0.5) is 11.4 Å². The van der Waals surface area contributed by atoms with Gasteiger partial charge in [0.15, 0.2) is 0 Å². The van der Waals surface area contributed by atoms with E-state index in [0.29, 0.717) is 28.7 Å². The van der Waals surface area contributed by atoms with Crippen molar-refractivity contribution in [2.45, 2.75) is 13.8 Å². The molecule has 2 rings (SSSR count). The molecule has 0 fully saturated rings. The number of anilines is 1. The lowest BCUT2D eigenvalue weighted by Gasteiger charge is -2.15. The number of ether oxygens (including phenoxy) is 4. The summed E-state index contributed by atoms with van der Waals surface area (Å²) >= 11 is 0. The van der Waals surface area contributed by atoms with E-state index in [2.05, 4.69) is 10.3 Å². The molecular weight excluding hydrogens is 344 g/mol. The molecule has 6 heteroatoms. The minimum atomic E-state index is 0.652. The van der Waals surface area contributed by atoms with Crippen molar-refractivity contribution in [1.82, 2.24) is 0 Å². The Morgan fingerprint density at radius 3 is 1.67 bits per heavy atom. The zero-order valence-corrected chi connectivity index (χ0v) is 16.6. The van der Waals surface area contributed by atoms with E-state index in [1.807, 2.05) is 56.3 Å². The Hall–Kier alpha value is -3.15. The first-order chi connectivity index (χ1) is 13.0. The van der Waals surface area contributed by atoms with Crippen molar-refractivity contribution in [3.8, 4) is 23.0 Å². The average Bonchev–Trinajstić information content (AvgIpc) is 2.67. The Labute approximate surface area is 160 Å². The van der Waals surface area contributed by atoms with Gasteiger partial charge >= 0.3 is 0 Å². The minimum Gasteiger partial charge on any atom is -0.494 e. The monoisotopic (exact) mass is 370 g/mol. The van der Waals surface area contributed by atoms with Crippen LogP contribution in [0.1, 0.15) is 13.8 Å². The maximum Gasteiger partial charge on any atom is 0.148 e. The van der Waals surface area contributed by atoms with E-state index in [9.17, 15) is 0 Å². The van der Waals surface area contributed by atoms with E-state index in [4.69, 9.17) is 18.9 Å². The van der Waals surface area contributed by atoms with E-state index < -0.39 is 0 Å². The molecule has 144 valence electrons. The highest BCUT2D eigenvalue weighted by molar-refractivity contribution is 5.96. The zero-order chi connectivity index (χ0) is 19.8. The molecule has 0 bridgehead atoms. The summed E-state index contributed by atoms with van der Waals surface area (Å²) < 4.78 is 21.6. The van der Waals surface area contributed by atoms with Crippen molar-refractivity contribution in [2.24, 2.45) is 4.99 Å². The first-order valence-electron chi connectivity index (χ1n) is 8.46. The molecule has 0 aliphatic rings. The van der Waals surface area contributed by atoms with Crippen LogP contribution >= 0.6 is 0 Å². The second kappa shape index (κ2) is 9.52. The van der Waals surface area contributed by atoms with E-state index >= 15 is 0 Å². The van der Waals surface area contributed by atoms with Crippen LogP contribution in [0.2, 0.25) is 0 Å². The predicted octanol–water partition coefficient (Wildman–Crippen LogP) is 4.83. The second-order valence-electron chi connectivity index (χ2n) is 5.75. The van der Waals surface area contributed by atoms with E-state index in [1.165, 1.54) is 0 Å². The molecule has 1 N–H and O–H groups in total. The summed E-state index contributed by atoms with van der Waals surface area (Å²) in [4.78, 5) is 4.66. The fraction of sp³-hybridized carbons (Fsp3) is 0.286. The van der Waals surface area contributed by atoms with Gasteiger partial charge in [-0.05, 0) is 44.2 Å². The summed E-state index contributed by atoms with van der Waals surface area (Å²) in [5.41, 5.74) is 3.09. The number of para-hydroxylation sites is 2. The molecule has 0 atom stereocenters. The molecule has 0 aromatic heterocycles. The quantitative estimate of drug-likeness (QED) is 0.675. The van der Waals surface area contributed by atoms with E-state index in [-0.39, 0.29) is 0 Å². The summed E-state index contributed by atoms with van der Waals surface area (Å²) in [5, 5.41) is 3.32. The Morgan fingerprint density at radius 2 is 1.22 bits per heavy atom. The standard InChI is InChI=1S/C21H26N2O4/c1-14(22-20-16(24-3)9-7-10-17(20)25-4)13-15(2)23-21-18(26-5)11-8-12-19(21)27-6/h7-13,22H,1-6H3/b14-13-,23-15?. The second-order valence-corrected chi connectivity index (χ2v) is 5.75. The molecule has 2 aromatic rings. The predicted molar refractivity (Wildman–Crippen MR) is 109 cm³/mol. The zero-order valence-electron chi connectivity index (χ0n) is 16.6. The number of allylic oxidation sites excluding steroid dienone is 2. The number of rotatable bonds is 8. The third-order valence-corrected chi connectivity index (χ3v) is 3.87. The van der Waals surface area contributed by atoms with Gasteiger partial charge in [0.2, 0.25) is 0 Å². The average molecular weight is 370 g/mol. The highest BCUT2D eigenvalue weighted by Gasteiger charge is 2.11. The number of aliphatic imine (C=N–C) groups is 1. The van der Waals surface area contributed by atoms with Gasteiger partial charge in [-0.2, -0.15) is 0 Å². The topological polar surface area (TPSA) is 61.3 Å². The number of benzene rings is 2. The molecule has 0 saturated heterocycles. The summed E-state index contributed by atoms with van der Waals surface area (Å²) in [7, 11) is 6.47. The van der Waals surface area contributed by atoms with E-state index in [1.54, 1.807) is 28.4 Å². The summed E-state index contributed by atoms with van der Waals surface area (Å²) in [6.07, 6.45) is 1.93. The van der Waals surface area contributed by atoms with Crippen LogP contribution in [-0.4, -0.2) is 34.2 Å². The van der Waals surface area contributed by atoms with Gasteiger partial charge in [0, 0.05) is 11.4 Å². The first kappa shape index (κ1) is 20.2. The fourth-order valence-corrected chi connectivity index (χ4v) is 2.67. The molecule has 0 heterocycles. The Morgan fingerprint density at radius 1 is 0.778 bits per heavy atom. The van der Waals surface area contributed by atoms with Crippen molar-refractivity contribution in [1.29, 1.82) is 0 Å². The van der Waals surface area contributed by atoms with Crippen LogP contribution in [0.15, 0.2) is 53.2 Å². The van der Waals surface area contributed by atoms with Crippen molar-refractivity contribution in [3.05, 3.63) is 48.2 Å².